The van der Waals surface area contributed by atoms with E-state index in [1.165, 1.54) is 19.3 Å². The molecular weight excluding hydrogens is 282 g/mol. The van der Waals surface area contributed by atoms with Crippen LogP contribution < -0.4 is 5.32 Å². The maximum absolute atomic E-state index is 12.3. The second kappa shape index (κ2) is 5.52. The van der Waals surface area contributed by atoms with Gasteiger partial charge in [-0.1, -0.05) is 0 Å². The lowest BCUT2D eigenvalue weighted by Gasteiger charge is -2.22. The van der Waals surface area contributed by atoms with Gasteiger partial charge in [-0.3, -0.25) is 9.59 Å². The maximum atomic E-state index is 12.3. The summed E-state index contributed by atoms with van der Waals surface area (Å²) in [7, 11) is 0. The highest BCUT2D eigenvalue weighted by molar-refractivity contribution is 5.79. The lowest BCUT2D eigenvalue weighted by atomic mass is 9.88. The number of carbonyl (C=O) groups excluding carboxylic acids is 1. The Kier molecular flexibility index (Phi) is 3.63. The molecule has 5 heteroatoms. The number of carbonyl (C=O) groups is 2. The van der Waals surface area contributed by atoms with Crippen LogP contribution >= 0.6 is 0 Å². The first-order chi connectivity index (χ1) is 10.6. The summed E-state index contributed by atoms with van der Waals surface area (Å²) in [5.41, 5.74) is 0. The Hall–Kier alpha value is -1.10. The Labute approximate surface area is 130 Å². The summed E-state index contributed by atoms with van der Waals surface area (Å²) in [4.78, 5) is 22.9. The third kappa shape index (κ3) is 2.64. The average Bonchev–Trinajstić information content (AvgIpc) is 2.87. The molecule has 7 unspecified atom stereocenters. The Morgan fingerprint density at radius 1 is 1.09 bits per heavy atom. The summed E-state index contributed by atoms with van der Waals surface area (Å²) in [5, 5.41) is 11.8. The van der Waals surface area contributed by atoms with Crippen molar-refractivity contribution in [1.29, 1.82) is 0 Å². The zero-order valence-corrected chi connectivity index (χ0v) is 12.9. The number of aliphatic carboxylic acids is 1. The highest BCUT2D eigenvalue weighted by Crippen LogP contribution is 2.67. The van der Waals surface area contributed by atoms with Crippen LogP contribution in [-0.2, 0) is 14.3 Å². The fraction of sp³-hybridized carbons (Fsp3) is 0.882. The van der Waals surface area contributed by atoms with Crippen LogP contribution in [0.15, 0.2) is 0 Å². The van der Waals surface area contributed by atoms with Gasteiger partial charge < -0.3 is 15.2 Å². The molecule has 4 aliphatic rings. The number of hydrogen-bond acceptors (Lipinski definition) is 3. The van der Waals surface area contributed by atoms with Gasteiger partial charge in [0, 0.05) is 13.0 Å². The first-order valence-corrected chi connectivity index (χ1v) is 8.73. The van der Waals surface area contributed by atoms with E-state index in [4.69, 9.17) is 9.84 Å². The standard InChI is InChI=1S/C17H25NO4/c19-16(20)2-1-12-4-11(8-22-12)17(21)18-7-10-3-9-5-13(10)15-6-14(9)15/h9-15H,1-8H2,(H,18,21)(H,19,20). The molecule has 1 heterocycles. The van der Waals surface area contributed by atoms with Crippen LogP contribution in [0.3, 0.4) is 0 Å². The van der Waals surface area contributed by atoms with Crippen molar-refractivity contribution in [1.82, 2.24) is 5.32 Å². The quantitative estimate of drug-likeness (QED) is 0.782. The van der Waals surface area contributed by atoms with Crippen LogP contribution in [0.4, 0.5) is 0 Å². The van der Waals surface area contributed by atoms with E-state index in [1.54, 1.807) is 0 Å². The molecular formula is C17H25NO4. The van der Waals surface area contributed by atoms with Gasteiger partial charge in [0.25, 0.3) is 0 Å². The molecule has 1 amide bonds. The third-order valence-corrected chi connectivity index (χ3v) is 6.50. The second-order valence-electron chi connectivity index (χ2n) is 7.78. The number of carboxylic acids is 1. The lowest BCUT2D eigenvalue weighted by molar-refractivity contribution is -0.137. The number of fused-ring (bicyclic) bond motifs is 5. The van der Waals surface area contributed by atoms with Crippen molar-refractivity contribution in [2.45, 2.75) is 44.6 Å². The zero-order valence-electron chi connectivity index (χ0n) is 12.9. The van der Waals surface area contributed by atoms with Gasteiger partial charge >= 0.3 is 5.97 Å². The van der Waals surface area contributed by atoms with E-state index in [0.717, 1.165) is 30.2 Å². The van der Waals surface area contributed by atoms with E-state index in [1.807, 2.05) is 0 Å². The smallest absolute Gasteiger partial charge is 0.303 e. The van der Waals surface area contributed by atoms with Gasteiger partial charge in [0.05, 0.1) is 18.6 Å². The van der Waals surface area contributed by atoms with Crippen molar-refractivity contribution in [2.24, 2.45) is 35.5 Å². The minimum atomic E-state index is -0.800. The molecule has 3 saturated carbocycles. The molecule has 3 aliphatic carbocycles. The van der Waals surface area contributed by atoms with Gasteiger partial charge in [-0.05, 0) is 61.7 Å². The first-order valence-electron chi connectivity index (χ1n) is 8.73. The van der Waals surface area contributed by atoms with Crippen LogP contribution in [0.5, 0.6) is 0 Å². The molecule has 122 valence electrons. The van der Waals surface area contributed by atoms with Crippen LogP contribution in [0.2, 0.25) is 0 Å². The molecule has 0 aromatic carbocycles. The number of amides is 1. The van der Waals surface area contributed by atoms with E-state index < -0.39 is 5.97 Å². The molecule has 4 fully saturated rings. The van der Waals surface area contributed by atoms with Gasteiger partial charge in [-0.2, -0.15) is 0 Å². The van der Waals surface area contributed by atoms with E-state index in [-0.39, 0.29) is 24.3 Å². The normalized spacial score (nSPS) is 44.8. The second-order valence-corrected chi connectivity index (χ2v) is 7.78. The summed E-state index contributed by atoms with van der Waals surface area (Å²) < 4.78 is 5.56. The number of nitrogens with one attached hydrogen (secondary N) is 1. The van der Waals surface area contributed by atoms with Crippen molar-refractivity contribution in [2.75, 3.05) is 13.2 Å². The predicted molar refractivity (Wildman–Crippen MR) is 79.0 cm³/mol. The largest absolute Gasteiger partial charge is 0.481 e. The van der Waals surface area contributed by atoms with Crippen LogP contribution in [0, 0.1) is 35.5 Å². The predicted octanol–water partition coefficient (Wildman–Crippen LogP) is 1.66. The van der Waals surface area contributed by atoms with Crippen molar-refractivity contribution in [3.8, 4) is 0 Å². The Morgan fingerprint density at radius 2 is 1.95 bits per heavy atom. The molecule has 2 bridgehead atoms. The van der Waals surface area contributed by atoms with Crippen molar-refractivity contribution >= 4 is 11.9 Å². The number of ether oxygens (including phenoxy) is 1. The van der Waals surface area contributed by atoms with Gasteiger partial charge in [0.15, 0.2) is 0 Å². The van der Waals surface area contributed by atoms with E-state index in [0.29, 0.717) is 25.4 Å². The van der Waals surface area contributed by atoms with Gasteiger partial charge in [0.1, 0.15) is 0 Å². The Balaban J connectivity index is 1.20. The molecule has 22 heavy (non-hydrogen) atoms. The monoisotopic (exact) mass is 307 g/mol. The fourth-order valence-electron chi connectivity index (χ4n) is 5.33. The highest BCUT2D eigenvalue weighted by Gasteiger charge is 2.60. The average molecular weight is 307 g/mol. The van der Waals surface area contributed by atoms with E-state index in [2.05, 4.69) is 5.32 Å². The molecule has 5 nitrogen and oxygen atoms in total. The van der Waals surface area contributed by atoms with Crippen LogP contribution in [-0.4, -0.2) is 36.2 Å². The summed E-state index contributed by atoms with van der Waals surface area (Å²) in [6, 6.07) is 0. The van der Waals surface area contributed by atoms with E-state index >= 15 is 0 Å². The minimum absolute atomic E-state index is 0.0680. The van der Waals surface area contributed by atoms with Gasteiger partial charge in [-0.15, -0.1) is 0 Å². The van der Waals surface area contributed by atoms with Crippen molar-refractivity contribution in [3.05, 3.63) is 0 Å². The topological polar surface area (TPSA) is 75.6 Å². The highest BCUT2D eigenvalue weighted by atomic mass is 16.5. The van der Waals surface area contributed by atoms with Gasteiger partial charge in [-0.25, -0.2) is 0 Å². The Morgan fingerprint density at radius 3 is 2.68 bits per heavy atom. The van der Waals surface area contributed by atoms with Crippen LogP contribution in [0.25, 0.3) is 0 Å². The molecule has 0 radical (unpaired) electrons. The first kappa shape index (κ1) is 14.5. The molecule has 4 rings (SSSR count). The summed E-state index contributed by atoms with van der Waals surface area (Å²) in [6.45, 7) is 1.27. The minimum Gasteiger partial charge on any atom is -0.481 e. The molecule has 1 saturated heterocycles. The van der Waals surface area contributed by atoms with Crippen molar-refractivity contribution in [3.63, 3.8) is 0 Å². The number of hydrogen-bond donors (Lipinski definition) is 2. The molecule has 1 aliphatic heterocycles. The van der Waals surface area contributed by atoms with E-state index in [9.17, 15) is 9.59 Å². The molecule has 2 N–H and O–H groups in total. The van der Waals surface area contributed by atoms with Gasteiger partial charge in [0.2, 0.25) is 5.91 Å². The van der Waals surface area contributed by atoms with Crippen LogP contribution in [0.1, 0.15) is 38.5 Å². The lowest BCUT2D eigenvalue weighted by Crippen LogP contribution is -2.36. The molecule has 0 aromatic heterocycles. The summed E-state index contributed by atoms with van der Waals surface area (Å²) in [5.74, 6) is 3.75. The SMILES string of the molecule is O=C(O)CCC1CC(C(=O)NCC2CC3CC2C2CC32)CO1. The summed E-state index contributed by atoms with van der Waals surface area (Å²) in [6.07, 6.45) is 5.39. The Bertz CT molecular complexity index is 479. The maximum Gasteiger partial charge on any atom is 0.303 e. The van der Waals surface area contributed by atoms with Crippen molar-refractivity contribution < 1.29 is 19.4 Å². The zero-order chi connectivity index (χ0) is 15.3. The fourth-order valence-corrected chi connectivity index (χ4v) is 5.33. The molecule has 7 atom stereocenters. The number of carboxylic acid groups (broad SMARTS) is 1. The third-order valence-electron chi connectivity index (χ3n) is 6.50. The molecule has 0 spiro atoms. The number of rotatable bonds is 6. The summed E-state index contributed by atoms with van der Waals surface area (Å²) >= 11 is 0. The molecule has 0 aromatic rings.